The quantitative estimate of drug-likeness (QED) is 0.194. The lowest BCUT2D eigenvalue weighted by Gasteiger charge is -2.64. The summed E-state index contributed by atoms with van der Waals surface area (Å²) < 4.78 is 19.0. The van der Waals surface area contributed by atoms with Crippen LogP contribution < -0.4 is 0 Å². The number of hydrogen-bond acceptors (Lipinski definition) is 9. The molecule has 5 N–H and O–H groups in total. The molecule has 1 spiro atoms. The van der Waals surface area contributed by atoms with Crippen molar-refractivity contribution in [2.45, 2.75) is 168 Å². The fourth-order valence-electron chi connectivity index (χ4n) is 11.8. The molecule has 9 heteroatoms. The third-order valence-electron chi connectivity index (χ3n) is 15.6. The van der Waals surface area contributed by atoms with E-state index in [0.717, 1.165) is 51.4 Å². The Morgan fingerprint density at radius 3 is 2.28 bits per heavy atom. The third kappa shape index (κ3) is 4.69. The second-order valence-corrected chi connectivity index (χ2v) is 18.7. The summed E-state index contributed by atoms with van der Waals surface area (Å²) in [6.45, 7) is 19.1. The van der Waals surface area contributed by atoms with Gasteiger partial charge in [0.05, 0.1) is 23.7 Å². The molecule has 3 saturated carbocycles. The van der Waals surface area contributed by atoms with Crippen LogP contribution in [-0.4, -0.2) is 86.1 Å². The molecule has 0 aromatic heterocycles. The Morgan fingerprint density at radius 1 is 0.957 bits per heavy atom. The highest BCUT2D eigenvalue weighted by molar-refractivity contribution is 5.88. The Kier molecular flexibility index (Phi) is 8.53. The molecule has 0 radical (unpaired) electrons. The predicted molar refractivity (Wildman–Crippen MR) is 176 cm³/mol. The molecule has 4 aliphatic carbocycles. The van der Waals surface area contributed by atoms with E-state index in [1.54, 1.807) is 0 Å². The number of hydrogen-bond donors (Lipinski definition) is 5. The lowest BCUT2D eigenvalue weighted by molar-refractivity contribution is -0.328. The Hall–Kier alpha value is -1.07. The zero-order chi connectivity index (χ0) is 34.8. The van der Waals surface area contributed by atoms with E-state index in [-0.39, 0.29) is 34.2 Å². The topological polar surface area (TPSA) is 146 Å². The molecule has 0 aromatic rings. The van der Waals surface area contributed by atoms with Gasteiger partial charge in [-0.05, 0) is 104 Å². The molecule has 14 atom stereocenters. The second kappa shape index (κ2) is 11.2. The first-order valence-corrected chi connectivity index (χ1v) is 18.3. The van der Waals surface area contributed by atoms with Crippen molar-refractivity contribution in [2.24, 2.45) is 44.8 Å². The van der Waals surface area contributed by atoms with Crippen LogP contribution in [-0.2, 0) is 19.0 Å². The zero-order valence-corrected chi connectivity index (χ0v) is 30.2. The number of fused-ring (bicyclic) bond motifs is 1. The molecule has 9 nitrogen and oxygen atoms in total. The molecule has 2 bridgehead atoms. The van der Waals surface area contributed by atoms with Crippen molar-refractivity contribution in [3.8, 4) is 0 Å². The van der Waals surface area contributed by atoms with Crippen LogP contribution in [0.2, 0.25) is 0 Å². The van der Waals surface area contributed by atoms with Gasteiger partial charge in [0, 0.05) is 5.41 Å². The summed E-state index contributed by atoms with van der Waals surface area (Å²) in [4.78, 5) is 14.5. The van der Waals surface area contributed by atoms with E-state index in [9.17, 15) is 30.3 Å². The van der Waals surface area contributed by atoms with Crippen molar-refractivity contribution in [1.82, 2.24) is 0 Å². The van der Waals surface area contributed by atoms with Crippen LogP contribution in [0.15, 0.2) is 11.6 Å². The van der Waals surface area contributed by atoms with E-state index < -0.39 is 59.3 Å². The summed E-state index contributed by atoms with van der Waals surface area (Å²) in [7, 11) is 0. The minimum absolute atomic E-state index is 0.0421. The van der Waals surface area contributed by atoms with Crippen molar-refractivity contribution in [3.63, 3.8) is 0 Å². The summed E-state index contributed by atoms with van der Waals surface area (Å²) >= 11 is 0. The standard InChI is InChI=1S/C38H62O9/c1-21(12-16-36(9,44)32(2,3)4)22-13-17-37-25-11-10-24-33(5,6)26(46-30-29(42)28(41)27(40)23(20-39)45-30)14-15-35(24,8)38(25,47-31(37)43)19-18-34(22,37)7/h11,21-24,26-30,39-42,44H,10,12-20H2,1-9H3/t21-,22-,23-,24+,26+,27+,28+,29-,30+,34-,35+,36+,37+,38-/m1/s1. The summed E-state index contributed by atoms with van der Waals surface area (Å²) in [6.07, 6.45) is 2.83. The first-order chi connectivity index (χ1) is 21.6. The fraction of sp³-hybridized carbons (Fsp3) is 0.921. The van der Waals surface area contributed by atoms with Crippen LogP contribution in [0.4, 0.5) is 0 Å². The van der Waals surface area contributed by atoms with Gasteiger partial charge in [-0.3, -0.25) is 4.79 Å². The van der Waals surface area contributed by atoms with Crippen LogP contribution in [0.3, 0.4) is 0 Å². The molecule has 47 heavy (non-hydrogen) atoms. The molecule has 6 aliphatic rings. The molecule has 2 saturated heterocycles. The Morgan fingerprint density at radius 2 is 1.64 bits per heavy atom. The van der Waals surface area contributed by atoms with Gasteiger partial charge in [0.1, 0.15) is 30.0 Å². The number of aliphatic hydroxyl groups is 5. The molecular formula is C38H62O9. The van der Waals surface area contributed by atoms with Gasteiger partial charge < -0.3 is 39.7 Å². The lowest BCUT2D eigenvalue weighted by atomic mass is 9.40. The summed E-state index contributed by atoms with van der Waals surface area (Å²) in [6, 6.07) is 0. The molecule has 0 unspecified atom stereocenters. The Labute approximate surface area is 281 Å². The van der Waals surface area contributed by atoms with Gasteiger partial charge in [-0.15, -0.1) is 0 Å². The minimum atomic E-state index is -1.49. The van der Waals surface area contributed by atoms with E-state index in [1.807, 2.05) is 6.92 Å². The number of ether oxygens (including phenoxy) is 3. The molecular weight excluding hydrogens is 600 g/mol. The number of aliphatic hydroxyl groups excluding tert-OH is 4. The van der Waals surface area contributed by atoms with E-state index in [1.165, 1.54) is 5.57 Å². The monoisotopic (exact) mass is 662 g/mol. The van der Waals surface area contributed by atoms with Gasteiger partial charge in [0.2, 0.25) is 0 Å². The van der Waals surface area contributed by atoms with Crippen molar-refractivity contribution in [3.05, 3.63) is 11.6 Å². The first-order valence-electron chi connectivity index (χ1n) is 18.3. The van der Waals surface area contributed by atoms with Crippen LogP contribution in [0, 0.1) is 44.8 Å². The number of allylic oxidation sites excluding steroid dienone is 1. The average Bonchev–Trinajstić information content (AvgIpc) is 3.41. The average molecular weight is 663 g/mol. The van der Waals surface area contributed by atoms with Gasteiger partial charge in [-0.25, -0.2) is 0 Å². The highest BCUT2D eigenvalue weighted by atomic mass is 16.7. The summed E-state index contributed by atoms with van der Waals surface area (Å²) in [5, 5.41) is 52.3. The van der Waals surface area contributed by atoms with E-state index in [4.69, 9.17) is 14.2 Å². The van der Waals surface area contributed by atoms with Gasteiger partial charge in [-0.1, -0.05) is 61.5 Å². The third-order valence-corrected chi connectivity index (χ3v) is 15.6. The number of carbonyl (C=O) groups excluding carboxylic acids is 1. The smallest absolute Gasteiger partial charge is 0.317 e. The maximum absolute atomic E-state index is 14.5. The molecule has 5 fully saturated rings. The zero-order valence-electron chi connectivity index (χ0n) is 30.2. The van der Waals surface area contributed by atoms with Crippen molar-refractivity contribution >= 4 is 5.97 Å². The minimum Gasteiger partial charge on any atom is -0.453 e. The lowest BCUT2D eigenvalue weighted by Crippen LogP contribution is -2.66. The molecule has 0 aromatic carbocycles. The number of carbonyl (C=O) groups is 1. The Balaban J connectivity index is 1.26. The highest BCUT2D eigenvalue weighted by Crippen LogP contribution is 2.79. The van der Waals surface area contributed by atoms with Gasteiger partial charge in [-0.2, -0.15) is 0 Å². The maximum Gasteiger partial charge on any atom is 0.317 e. The maximum atomic E-state index is 14.5. The fourth-order valence-corrected chi connectivity index (χ4v) is 11.8. The summed E-state index contributed by atoms with van der Waals surface area (Å²) in [5.74, 6) is 0.813. The second-order valence-electron chi connectivity index (χ2n) is 18.7. The van der Waals surface area contributed by atoms with Crippen molar-refractivity contribution in [2.75, 3.05) is 6.61 Å². The molecule has 2 aliphatic heterocycles. The van der Waals surface area contributed by atoms with Crippen molar-refractivity contribution in [1.29, 1.82) is 0 Å². The summed E-state index contributed by atoms with van der Waals surface area (Å²) in [5.41, 5.74) is -1.94. The van der Waals surface area contributed by atoms with Crippen LogP contribution >= 0.6 is 0 Å². The first kappa shape index (κ1) is 35.7. The Bertz CT molecular complexity index is 1270. The van der Waals surface area contributed by atoms with Gasteiger partial charge in [0.15, 0.2) is 6.29 Å². The number of esters is 1. The van der Waals surface area contributed by atoms with E-state index in [2.05, 4.69) is 61.5 Å². The largest absolute Gasteiger partial charge is 0.453 e. The highest BCUT2D eigenvalue weighted by Gasteiger charge is 2.80. The molecule has 6 rings (SSSR count). The van der Waals surface area contributed by atoms with E-state index >= 15 is 0 Å². The molecule has 268 valence electrons. The normalized spacial score (nSPS) is 49.2. The molecule has 0 amide bonds. The van der Waals surface area contributed by atoms with Crippen LogP contribution in [0.25, 0.3) is 0 Å². The SMILES string of the molecule is C[C@H](CC[C@](C)(O)C(C)(C)C)[C@H]1CC[C@]23C(=O)O[C@]4(CC[C@]12C)C3=CC[C@H]1C(C)(C)[C@@H](O[C@@H]2O[C@H](CO)[C@H](O)[C@H](O)[C@H]2O)CC[C@@]14C. The molecule has 2 heterocycles. The van der Waals surface area contributed by atoms with Crippen LogP contribution in [0.5, 0.6) is 0 Å². The van der Waals surface area contributed by atoms with Gasteiger partial charge in [0.25, 0.3) is 0 Å². The van der Waals surface area contributed by atoms with Crippen LogP contribution in [0.1, 0.15) is 120 Å². The van der Waals surface area contributed by atoms with Crippen molar-refractivity contribution < 1.29 is 44.5 Å². The predicted octanol–water partition coefficient (Wildman–Crippen LogP) is 4.65. The van der Waals surface area contributed by atoms with E-state index in [0.29, 0.717) is 18.3 Å². The number of rotatable bonds is 7. The van der Waals surface area contributed by atoms with Gasteiger partial charge >= 0.3 is 5.97 Å².